The highest BCUT2D eigenvalue weighted by Gasteiger charge is 2.29. The molecular formula is C18H19ClN2O4. The van der Waals surface area contributed by atoms with Crippen LogP contribution in [-0.4, -0.2) is 42.9 Å². The molecule has 0 unspecified atom stereocenters. The maximum Gasteiger partial charge on any atom is 0.258 e. The van der Waals surface area contributed by atoms with Gasteiger partial charge in [-0.05, 0) is 30.7 Å². The van der Waals surface area contributed by atoms with Gasteiger partial charge in [0.05, 0.1) is 12.6 Å². The Morgan fingerprint density at radius 2 is 2.24 bits per heavy atom. The second-order valence-electron chi connectivity index (χ2n) is 5.61. The summed E-state index contributed by atoms with van der Waals surface area (Å²) >= 11 is 5.90. The van der Waals surface area contributed by atoms with E-state index in [4.69, 9.17) is 25.8 Å². The highest BCUT2D eigenvalue weighted by Crippen LogP contribution is 2.17. The van der Waals surface area contributed by atoms with Crippen LogP contribution in [0.2, 0.25) is 5.02 Å². The van der Waals surface area contributed by atoms with E-state index in [1.165, 1.54) is 0 Å². The molecule has 2 heterocycles. The van der Waals surface area contributed by atoms with E-state index in [0.717, 1.165) is 0 Å². The van der Waals surface area contributed by atoms with Crippen molar-refractivity contribution >= 4 is 17.5 Å². The molecule has 1 N–H and O–H groups in total. The van der Waals surface area contributed by atoms with Gasteiger partial charge in [0.25, 0.3) is 5.91 Å². The standard InChI is InChI=1S/C18H19ClN2O4/c19-13-4-3-5-14(10-13)24-12-17(22)21-15-7-9-23-11-16(15)25-18-6-1-2-8-20-18/h1-6,8,10,15-16H,7,9,11-12H2,(H,21,22)/t15-,16-/m1/s1. The van der Waals surface area contributed by atoms with Gasteiger partial charge in [0, 0.05) is 23.9 Å². The molecule has 2 aromatic rings. The molecule has 2 atom stereocenters. The third kappa shape index (κ3) is 5.34. The number of carbonyl (C=O) groups excluding carboxylic acids is 1. The van der Waals surface area contributed by atoms with Gasteiger partial charge in [-0.25, -0.2) is 4.98 Å². The van der Waals surface area contributed by atoms with Crippen LogP contribution in [-0.2, 0) is 9.53 Å². The zero-order valence-electron chi connectivity index (χ0n) is 13.6. The van der Waals surface area contributed by atoms with Gasteiger partial charge in [-0.1, -0.05) is 23.7 Å². The topological polar surface area (TPSA) is 69.7 Å². The van der Waals surface area contributed by atoms with E-state index in [2.05, 4.69) is 10.3 Å². The number of rotatable bonds is 6. The van der Waals surface area contributed by atoms with Crippen molar-refractivity contribution in [3.8, 4) is 11.6 Å². The van der Waals surface area contributed by atoms with Gasteiger partial charge in [0.15, 0.2) is 6.61 Å². The van der Waals surface area contributed by atoms with Gasteiger partial charge >= 0.3 is 0 Å². The summed E-state index contributed by atoms with van der Waals surface area (Å²) in [5.74, 6) is 0.838. The molecule has 1 aliphatic heterocycles. The van der Waals surface area contributed by atoms with E-state index in [0.29, 0.717) is 36.3 Å². The summed E-state index contributed by atoms with van der Waals surface area (Å²) in [6.45, 7) is 0.882. The minimum atomic E-state index is -0.293. The number of halogens is 1. The van der Waals surface area contributed by atoms with E-state index >= 15 is 0 Å². The van der Waals surface area contributed by atoms with E-state index in [-0.39, 0.29) is 24.7 Å². The van der Waals surface area contributed by atoms with Crippen molar-refractivity contribution < 1.29 is 19.0 Å². The third-order valence-electron chi connectivity index (χ3n) is 3.73. The average Bonchev–Trinajstić information content (AvgIpc) is 2.63. The average molecular weight is 363 g/mol. The van der Waals surface area contributed by atoms with E-state index < -0.39 is 0 Å². The zero-order valence-corrected chi connectivity index (χ0v) is 14.3. The van der Waals surface area contributed by atoms with E-state index in [1.807, 2.05) is 12.1 Å². The van der Waals surface area contributed by atoms with Crippen LogP contribution >= 0.6 is 11.6 Å². The fraction of sp³-hybridized carbons (Fsp3) is 0.333. The molecule has 132 valence electrons. The van der Waals surface area contributed by atoms with Crippen molar-refractivity contribution in [3.05, 3.63) is 53.7 Å². The number of ether oxygens (including phenoxy) is 3. The van der Waals surface area contributed by atoms with Gasteiger partial charge in [-0.3, -0.25) is 4.79 Å². The molecule has 25 heavy (non-hydrogen) atoms. The Bertz CT molecular complexity index is 698. The quantitative estimate of drug-likeness (QED) is 0.854. The fourth-order valence-electron chi connectivity index (χ4n) is 2.52. The molecule has 0 bridgehead atoms. The molecule has 7 heteroatoms. The molecule has 1 amide bonds. The van der Waals surface area contributed by atoms with E-state index in [9.17, 15) is 4.79 Å². The van der Waals surface area contributed by atoms with Crippen molar-refractivity contribution in [2.75, 3.05) is 19.8 Å². The Kier molecular flexibility index (Phi) is 6.09. The minimum absolute atomic E-state index is 0.0893. The van der Waals surface area contributed by atoms with Gasteiger partial charge in [0.2, 0.25) is 5.88 Å². The number of hydrogen-bond acceptors (Lipinski definition) is 5. The molecule has 3 rings (SSSR count). The normalized spacial score (nSPS) is 19.9. The van der Waals surface area contributed by atoms with Crippen LogP contribution in [0.5, 0.6) is 11.6 Å². The molecule has 1 aromatic carbocycles. The number of benzene rings is 1. The number of pyridine rings is 1. The van der Waals surface area contributed by atoms with E-state index in [1.54, 1.807) is 36.5 Å². The van der Waals surface area contributed by atoms with Crippen LogP contribution in [0.3, 0.4) is 0 Å². The van der Waals surface area contributed by atoms with Crippen molar-refractivity contribution in [2.45, 2.75) is 18.6 Å². The van der Waals surface area contributed by atoms with Gasteiger partial charge < -0.3 is 19.5 Å². The molecule has 0 radical (unpaired) electrons. The molecule has 1 saturated heterocycles. The Morgan fingerprint density at radius 3 is 3.04 bits per heavy atom. The number of amides is 1. The SMILES string of the molecule is O=C(COc1cccc(Cl)c1)N[C@@H]1CCOC[C@H]1Oc1ccccn1. The molecule has 0 saturated carbocycles. The summed E-state index contributed by atoms with van der Waals surface area (Å²) in [6, 6.07) is 12.2. The van der Waals surface area contributed by atoms with Crippen LogP contribution in [0, 0.1) is 0 Å². The highest BCUT2D eigenvalue weighted by molar-refractivity contribution is 6.30. The fourth-order valence-corrected chi connectivity index (χ4v) is 2.70. The summed E-state index contributed by atoms with van der Waals surface area (Å²) in [5.41, 5.74) is 0. The lowest BCUT2D eigenvalue weighted by Crippen LogP contribution is -2.52. The lowest BCUT2D eigenvalue weighted by molar-refractivity contribution is -0.126. The Labute approximate surface area is 151 Å². The second kappa shape index (κ2) is 8.69. The van der Waals surface area contributed by atoms with Gasteiger partial charge in [0.1, 0.15) is 11.9 Å². The summed E-state index contributed by atoms with van der Waals surface area (Å²) in [7, 11) is 0. The first-order valence-corrected chi connectivity index (χ1v) is 8.41. The molecule has 1 aromatic heterocycles. The molecular weight excluding hydrogens is 344 g/mol. The number of hydrogen-bond donors (Lipinski definition) is 1. The first kappa shape index (κ1) is 17.5. The Hall–Kier alpha value is -2.31. The Morgan fingerprint density at radius 1 is 1.32 bits per heavy atom. The highest BCUT2D eigenvalue weighted by atomic mass is 35.5. The monoisotopic (exact) mass is 362 g/mol. The zero-order chi connectivity index (χ0) is 17.5. The van der Waals surface area contributed by atoms with Crippen LogP contribution in [0.4, 0.5) is 0 Å². The van der Waals surface area contributed by atoms with Crippen LogP contribution in [0.25, 0.3) is 0 Å². The van der Waals surface area contributed by atoms with Crippen molar-refractivity contribution in [2.24, 2.45) is 0 Å². The maximum atomic E-state index is 12.2. The van der Waals surface area contributed by atoms with Crippen molar-refractivity contribution in [3.63, 3.8) is 0 Å². The minimum Gasteiger partial charge on any atom is -0.484 e. The molecule has 0 spiro atoms. The smallest absolute Gasteiger partial charge is 0.258 e. The number of nitrogens with one attached hydrogen (secondary N) is 1. The summed E-state index contributed by atoms with van der Waals surface area (Å²) in [5, 5.41) is 3.51. The van der Waals surface area contributed by atoms with Crippen molar-refractivity contribution in [1.29, 1.82) is 0 Å². The summed E-state index contributed by atoms with van der Waals surface area (Å²) in [6.07, 6.45) is 2.03. The van der Waals surface area contributed by atoms with Crippen LogP contribution in [0.1, 0.15) is 6.42 Å². The van der Waals surface area contributed by atoms with Crippen LogP contribution in [0.15, 0.2) is 48.7 Å². The largest absolute Gasteiger partial charge is 0.484 e. The molecule has 1 fully saturated rings. The first-order valence-electron chi connectivity index (χ1n) is 8.04. The molecule has 6 nitrogen and oxygen atoms in total. The summed E-state index contributed by atoms with van der Waals surface area (Å²) < 4.78 is 16.8. The third-order valence-corrected chi connectivity index (χ3v) is 3.96. The van der Waals surface area contributed by atoms with Crippen LogP contribution < -0.4 is 14.8 Å². The first-order chi connectivity index (χ1) is 12.2. The number of aromatic nitrogens is 1. The lowest BCUT2D eigenvalue weighted by Gasteiger charge is -2.32. The van der Waals surface area contributed by atoms with Crippen molar-refractivity contribution in [1.82, 2.24) is 10.3 Å². The maximum absolute atomic E-state index is 12.2. The number of carbonyl (C=O) groups is 1. The second-order valence-corrected chi connectivity index (χ2v) is 6.04. The predicted molar refractivity (Wildman–Crippen MR) is 93.0 cm³/mol. The molecule has 1 aliphatic rings. The summed E-state index contributed by atoms with van der Waals surface area (Å²) in [4.78, 5) is 16.3. The van der Waals surface area contributed by atoms with Gasteiger partial charge in [-0.15, -0.1) is 0 Å². The van der Waals surface area contributed by atoms with Gasteiger partial charge in [-0.2, -0.15) is 0 Å². The predicted octanol–water partition coefficient (Wildman–Crippen LogP) is 2.47. The number of nitrogens with zero attached hydrogens (tertiary/aromatic N) is 1. The molecule has 0 aliphatic carbocycles. The Balaban J connectivity index is 1.53. The lowest BCUT2D eigenvalue weighted by atomic mass is 10.1.